The summed E-state index contributed by atoms with van der Waals surface area (Å²) in [4.78, 5) is 0. The van der Waals surface area contributed by atoms with Crippen LogP contribution in [0.5, 0.6) is 11.5 Å². The van der Waals surface area contributed by atoms with Gasteiger partial charge in [-0.1, -0.05) is 18.2 Å². The van der Waals surface area contributed by atoms with Gasteiger partial charge in [0.25, 0.3) is 0 Å². The molecule has 0 unspecified atom stereocenters. The topological polar surface area (TPSA) is 45.0 Å². The lowest BCUT2D eigenvalue weighted by Crippen LogP contribution is -2.05. The Kier molecular flexibility index (Phi) is 4.39. The molecule has 0 aliphatic carbocycles. The summed E-state index contributed by atoms with van der Waals surface area (Å²) in [7, 11) is 1.88. The summed E-state index contributed by atoms with van der Waals surface area (Å²) in [6.07, 6.45) is 0. The highest BCUT2D eigenvalue weighted by atomic mass is 16.5. The lowest BCUT2D eigenvalue weighted by Gasteiger charge is -2.11. The van der Waals surface area contributed by atoms with Gasteiger partial charge >= 0.3 is 0 Å². The number of ether oxygens (including phenoxy) is 1. The zero-order valence-corrected chi connectivity index (χ0v) is 12.0. The van der Waals surface area contributed by atoms with Crippen molar-refractivity contribution in [1.29, 1.82) is 5.26 Å². The van der Waals surface area contributed by atoms with Crippen molar-refractivity contribution >= 4 is 0 Å². The molecule has 0 heterocycles. The summed E-state index contributed by atoms with van der Waals surface area (Å²) in [6.45, 7) is 4.75. The van der Waals surface area contributed by atoms with Crippen molar-refractivity contribution in [2.24, 2.45) is 0 Å². The quantitative estimate of drug-likeness (QED) is 0.918. The number of nitrogens with one attached hydrogen (secondary N) is 1. The first kappa shape index (κ1) is 14.1. The van der Waals surface area contributed by atoms with Crippen molar-refractivity contribution in [3.05, 3.63) is 58.7 Å². The Balaban J connectivity index is 2.34. The van der Waals surface area contributed by atoms with Crippen molar-refractivity contribution in [2.45, 2.75) is 20.4 Å². The van der Waals surface area contributed by atoms with Gasteiger partial charge in [0.15, 0.2) is 0 Å². The third kappa shape index (κ3) is 3.17. The van der Waals surface area contributed by atoms with Gasteiger partial charge in [-0.2, -0.15) is 5.26 Å². The molecule has 0 fully saturated rings. The largest absolute Gasteiger partial charge is 0.456 e. The van der Waals surface area contributed by atoms with E-state index in [1.54, 1.807) is 0 Å². The number of nitrogens with zero attached hydrogens (tertiary/aromatic N) is 1. The van der Waals surface area contributed by atoms with E-state index in [0.717, 1.165) is 29.0 Å². The van der Waals surface area contributed by atoms with E-state index in [0.29, 0.717) is 11.3 Å². The van der Waals surface area contributed by atoms with Crippen molar-refractivity contribution in [2.75, 3.05) is 7.05 Å². The zero-order valence-electron chi connectivity index (χ0n) is 12.0. The van der Waals surface area contributed by atoms with E-state index >= 15 is 0 Å². The first-order valence-electron chi connectivity index (χ1n) is 6.57. The normalized spacial score (nSPS) is 10.1. The Morgan fingerprint density at radius 2 is 1.90 bits per heavy atom. The average molecular weight is 266 g/mol. The fourth-order valence-corrected chi connectivity index (χ4v) is 2.00. The minimum Gasteiger partial charge on any atom is -0.456 e. The Morgan fingerprint density at radius 1 is 1.10 bits per heavy atom. The van der Waals surface area contributed by atoms with E-state index in [9.17, 15) is 5.26 Å². The summed E-state index contributed by atoms with van der Waals surface area (Å²) >= 11 is 0. The molecular formula is C17H18N2O. The average Bonchev–Trinajstić information content (AvgIpc) is 2.44. The third-order valence-electron chi connectivity index (χ3n) is 3.11. The number of hydrogen-bond acceptors (Lipinski definition) is 3. The second-order valence-electron chi connectivity index (χ2n) is 4.84. The molecule has 2 aromatic rings. The Labute approximate surface area is 119 Å². The fourth-order valence-electron chi connectivity index (χ4n) is 2.00. The van der Waals surface area contributed by atoms with E-state index in [-0.39, 0.29) is 0 Å². The Hall–Kier alpha value is -2.31. The van der Waals surface area contributed by atoms with Crippen LogP contribution in [0.3, 0.4) is 0 Å². The van der Waals surface area contributed by atoms with Crippen LogP contribution in [-0.2, 0) is 6.54 Å². The number of rotatable bonds is 4. The monoisotopic (exact) mass is 266 g/mol. The van der Waals surface area contributed by atoms with Crippen molar-refractivity contribution in [3.8, 4) is 17.6 Å². The van der Waals surface area contributed by atoms with E-state index < -0.39 is 0 Å². The third-order valence-corrected chi connectivity index (χ3v) is 3.11. The predicted octanol–water partition coefficient (Wildman–Crippen LogP) is 3.69. The second-order valence-corrected chi connectivity index (χ2v) is 4.84. The summed E-state index contributed by atoms with van der Waals surface area (Å²) in [5, 5.41) is 12.3. The standard InChI is InChI=1S/C17H18N2O/c1-12-4-5-13(2)17(8-12)20-16-7-6-14(11-19-3)9-15(16)10-18/h4-9,19H,11H2,1-3H3. The molecule has 0 radical (unpaired) electrons. The van der Waals surface area contributed by atoms with Crippen LogP contribution in [0, 0.1) is 25.2 Å². The van der Waals surface area contributed by atoms with E-state index in [4.69, 9.17) is 4.74 Å². The van der Waals surface area contributed by atoms with Gasteiger partial charge in [0.2, 0.25) is 0 Å². The van der Waals surface area contributed by atoms with Gasteiger partial charge in [0.1, 0.15) is 17.6 Å². The maximum Gasteiger partial charge on any atom is 0.145 e. The highest BCUT2D eigenvalue weighted by Gasteiger charge is 2.08. The van der Waals surface area contributed by atoms with Gasteiger partial charge in [0.05, 0.1) is 5.56 Å². The van der Waals surface area contributed by atoms with Gasteiger partial charge < -0.3 is 10.1 Å². The minimum atomic E-state index is 0.554. The first-order valence-corrected chi connectivity index (χ1v) is 6.57. The van der Waals surface area contributed by atoms with Gasteiger partial charge in [-0.05, 0) is 55.8 Å². The van der Waals surface area contributed by atoms with Crippen LogP contribution in [0.15, 0.2) is 36.4 Å². The van der Waals surface area contributed by atoms with Crippen LogP contribution in [0.2, 0.25) is 0 Å². The molecular weight excluding hydrogens is 248 g/mol. The molecule has 0 aliphatic heterocycles. The van der Waals surface area contributed by atoms with Crippen LogP contribution >= 0.6 is 0 Å². The minimum absolute atomic E-state index is 0.554. The summed E-state index contributed by atoms with van der Waals surface area (Å²) < 4.78 is 5.90. The van der Waals surface area contributed by atoms with Gasteiger partial charge in [-0.25, -0.2) is 0 Å². The summed E-state index contributed by atoms with van der Waals surface area (Å²) in [6, 6.07) is 13.9. The van der Waals surface area contributed by atoms with E-state index in [1.165, 1.54) is 0 Å². The molecule has 0 spiro atoms. The molecule has 3 heteroatoms. The van der Waals surface area contributed by atoms with Crippen LogP contribution < -0.4 is 10.1 Å². The lowest BCUT2D eigenvalue weighted by molar-refractivity contribution is 0.476. The van der Waals surface area contributed by atoms with Gasteiger partial charge in [-0.15, -0.1) is 0 Å². The molecule has 0 aromatic heterocycles. The number of aryl methyl sites for hydroxylation is 2. The Bertz CT molecular complexity index is 657. The molecule has 3 nitrogen and oxygen atoms in total. The molecule has 0 atom stereocenters. The smallest absolute Gasteiger partial charge is 0.145 e. The maximum absolute atomic E-state index is 9.26. The molecule has 0 bridgehead atoms. The van der Waals surface area contributed by atoms with Crippen LogP contribution in [0.25, 0.3) is 0 Å². The number of benzene rings is 2. The molecule has 0 aliphatic rings. The van der Waals surface area contributed by atoms with Crippen LogP contribution in [-0.4, -0.2) is 7.05 Å². The van der Waals surface area contributed by atoms with Gasteiger partial charge in [-0.3, -0.25) is 0 Å². The first-order chi connectivity index (χ1) is 9.63. The van der Waals surface area contributed by atoms with Crippen molar-refractivity contribution < 1.29 is 4.74 Å². The van der Waals surface area contributed by atoms with Crippen LogP contribution in [0.4, 0.5) is 0 Å². The van der Waals surface area contributed by atoms with E-state index in [1.807, 2.05) is 57.3 Å². The van der Waals surface area contributed by atoms with Crippen molar-refractivity contribution in [3.63, 3.8) is 0 Å². The lowest BCUT2D eigenvalue weighted by atomic mass is 10.1. The molecule has 2 rings (SSSR count). The number of hydrogen-bond donors (Lipinski definition) is 1. The van der Waals surface area contributed by atoms with Crippen LogP contribution in [0.1, 0.15) is 22.3 Å². The molecule has 102 valence electrons. The van der Waals surface area contributed by atoms with E-state index in [2.05, 4.69) is 11.4 Å². The molecule has 2 aromatic carbocycles. The van der Waals surface area contributed by atoms with Gasteiger partial charge in [0, 0.05) is 6.54 Å². The predicted molar refractivity (Wildman–Crippen MR) is 79.9 cm³/mol. The maximum atomic E-state index is 9.26. The summed E-state index contributed by atoms with van der Waals surface area (Å²) in [5.74, 6) is 1.39. The molecule has 0 saturated heterocycles. The highest BCUT2D eigenvalue weighted by molar-refractivity contribution is 5.49. The zero-order chi connectivity index (χ0) is 14.5. The molecule has 0 amide bonds. The molecule has 20 heavy (non-hydrogen) atoms. The Morgan fingerprint density at radius 3 is 2.60 bits per heavy atom. The molecule has 0 saturated carbocycles. The summed E-state index contributed by atoms with van der Waals surface area (Å²) in [5.41, 5.74) is 3.81. The van der Waals surface area contributed by atoms with Crippen molar-refractivity contribution in [1.82, 2.24) is 5.32 Å². The molecule has 1 N–H and O–H groups in total. The second kappa shape index (κ2) is 6.23. The number of nitriles is 1. The SMILES string of the molecule is CNCc1ccc(Oc2cc(C)ccc2C)c(C#N)c1. The fraction of sp³-hybridized carbons (Fsp3) is 0.235. The highest BCUT2D eigenvalue weighted by Crippen LogP contribution is 2.29.